The number of fused-ring (bicyclic) bond motifs is 1. The summed E-state index contributed by atoms with van der Waals surface area (Å²) >= 11 is 1.07. The van der Waals surface area contributed by atoms with E-state index >= 15 is 0 Å². The van der Waals surface area contributed by atoms with Gasteiger partial charge in [0.05, 0.1) is 29.7 Å². The Morgan fingerprint density at radius 1 is 1.13 bits per heavy atom. The highest BCUT2D eigenvalue weighted by atomic mass is 32.2. The Morgan fingerprint density at radius 2 is 1.85 bits per heavy atom. The van der Waals surface area contributed by atoms with Crippen LogP contribution in [-0.2, 0) is 20.0 Å². The third kappa shape index (κ3) is 6.28. The molecular weight excluding hydrogens is 563 g/mol. The van der Waals surface area contributed by atoms with Crippen molar-refractivity contribution in [2.24, 2.45) is 5.92 Å². The van der Waals surface area contributed by atoms with Gasteiger partial charge in [-0.2, -0.15) is 4.31 Å². The largest absolute Gasteiger partial charge is 0.488 e. The molecule has 2 aromatic carbocycles. The molecule has 1 aliphatic rings. The normalized spacial score (nSPS) is 19.1. The Labute approximate surface area is 232 Å². The number of amides is 1. The first-order valence-electron chi connectivity index (χ1n) is 12.2. The molecule has 0 spiro atoms. The summed E-state index contributed by atoms with van der Waals surface area (Å²) in [7, 11) is -6.18. The monoisotopic (exact) mass is 593 g/mol. The maximum Gasteiger partial charge on any atom is 0.271 e. The van der Waals surface area contributed by atoms with Crippen molar-refractivity contribution in [3.8, 4) is 5.75 Å². The number of anilines is 1. The lowest BCUT2D eigenvalue weighted by molar-refractivity contribution is 0.0387. The highest BCUT2D eigenvalue weighted by molar-refractivity contribution is 7.94. The van der Waals surface area contributed by atoms with E-state index in [0.29, 0.717) is 0 Å². The molecule has 0 aliphatic carbocycles. The number of hydrogen-bond acceptors (Lipinski definition) is 8. The van der Waals surface area contributed by atoms with E-state index in [4.69, 9.17) is 4.74 Å². The number of aliphatic hydroxyl groups excluding tert-OH is 1. The highest BCUT2D eigenvalue weighted by Gasteiger charge is 2.35. The van der Waals surface area contributed by atoms with Crippen LogP contribution in [0.2, 0.25) is 0 Å². The number of aliphatic hydroxyl groups is 1. The standard InChI is InChI=1S/C26H31N3O7S3/c1-18-15-29(19(2)17-30)26(31)22-14-20(27-38(32,33)25-10-7-13-37-25)11-12-23(22)36-24(18)16-28(3)39(34,35)21-8-5-4-6-9-21/h4-14,18-19,24,27,30H,15-17H2,1-3H3/t18-,19+,24-/m0/s1. The number of likely N-dealkylation sites (N-methyl/N-ethyl adjacent to an activating group) is 1. The van der Waals surface area contributed by atoms with Gasteiger partial charge >= 0.3 is 0 Å². The molecule has 0 fully saturated rings. The second-order valence-corrected chi connectivity index (χ2v) is 14.4. The Balaban J connectivity index is 1.68. The minimum absolute atomic E-state index is 0.000128. The quantitative estimate of drug-likeness (QED) is 0.390. The van der Waals surface area contributed by atoms with Crippen LogP contribution >= 0.6 is 11.3 Å². The summed E-state index contributed by atoms with van der Waals surface area (Å²) < 4.78 is 61.9. The first-order chi connectivity index (χ1) is 18.4. The van der Waals surface area contributed by atoms with Crippen molar-refractivity contribution < 1.29 is 31.5 Å². The van der Waals surface area contributed by atoms with E-state index in [1.54, 1.807) is 36.6 Å². The lowest BCUT2D eigenvalue weighted by Crippen LogP contribution is -2.50. The van der Waals surface area contributed by atoms with Gasteiger partial charge in [-0.3, -0.25) is 9.52 Å². The zero-order chi connectivity index (χ0) is 28.4. The van der Waals surface area contributed by atoms with Gasteiger partial charge in [-0.05, 0) is 48.7 Å². The summed E-state index contributed by atoms with van der Waals surface area (Å²) in [5.74, 6) is -0.544. The zero-order valence-corrected chi connectivity index (χ0v) is 24.2. The molecule has 1 aromatic heterocycles. The van der Waals surface area contributed by atoms with Crippen molar-refractivity contribution >= 4 is 43.0 Å². The van der Waals surface area contributed by atoms with Crippen molar-refractivity contribution in [2.75, 3.05) is 31.5 Å². The van der Waals surface area contributed by atoms with Crippen molar-refractivity contribution in [1.82, 2.24) is 9.21 Å². The van der Waals surface area contributed by atoms with Gasteiger partial charge in [0.25, 0.3) is 15.9 Å². The maximum absolute atomic E-state index is 13.6. The number of hydrogen-bond donors (Lipinski definition) is 2. The minimum Gasteiger partial charge on any atom is -0.488 e. The smallest absolute Gasteiger partial charge is 0.271 e. The summed E-state index contributed by atoms with van der Waals surface area (Å²) in [5, 5.41) is 11.5. The summed E-state index contributed by atoms with van der Waals surface area (Å²) in [4.78, 5) is 15.3. The second-order valence-electron chi connectivity index (χ2n) is 9.47. The van der Waals surface area contributed by atoms with E-state index in [1.165, 1.54) is 52.7 Å². The van der Waals surface area contributed by atoms with Crippen molar-refractivity contribution in [2.45, 2.75) is 35.1 Å². The van der Waals surface area contributed by atoms with Crippen LogP contribution in [0.4, 0.5) is 5.69 Å². The van der Waals surface area contributed by atoms with E-state index in [0.717, 1.165) is 11.3 Å². The molecule has 0 saturated carbocycles. The van der Waals surface area contributed by atoms with E-state index in [2.05, 4.69) is 4.72 Å². The fraction of sp³-hybridized carbons (Fsp3) is 0.346. The number of rotatable bonds is 9. The van der Waals surface area contributed by atoms with Crippen LogP contribution < -0.4 is 9.46 Å². The topological polar surface area (TPSA) is 133 Å². The molecule has 0 bridgehead atoms. The summed E-state index contributed by atoms with van der Waals surface area (Å²) in [6.45, 7) is 3.46. The Morgan fingerprint density at radius 3 is 2.49 bits per heavy atom. The third-order valence-corrected chi connectivity index (χ3v) is 11.2. The molecular formula is C26H31N3O7S3. The fourth-order valence-corrected chi connectivity index (χ4v) is 7.50. The molecule has 1 aliphatic heterocycles. The van der Waals surface area contributed by atoms with Crippen molar-refractivity contribution in [3.05, 3.63) is 71.6 Å². The molecule has 0 radical (unpaired) electrons. The molecule has 0 unspecified atom stereocenters. The average Bonchev–Trinajstić information content (AvgIpc) is 3.47. The fourth-order valence-electron chi connectivity index (χ4n) is 4.25. The minimum atomic E-state index is -3.85. The van der Waals surface area contributed by atoms with Gasteiger partial charge < -0.3 is 14.7 Å². The van der Waals surface area contributed by atoms with Gasteiger partial charge in [0, 0.05) is 25.2 Å². The molecule has 13 heteroatoms. The van der Waals surface area contributed by atoms with Crippen molar-refractivity contribution in [1.29, 1.82) is 0 Å². The predicted molar refractivity (Wildman–Crippen MR) is 149 cm³/mol. The van der Waals surface area contributed by atoms with Gasteiger partial charge in [-0.1, -0.05) is 31.2 Å². The maximum atomic E-state index is 13.6. The van der Waals surface area contributed by atoms with Crippen LogP contribution in [0.15, 0.2) is 75.1 Å². The molecule has 3 atom stereocenters. The van der Waals surface area contributed by atoms with E-state index < -0.39 is 38.1 Å². The highest BCUT2D eigenvalue weighted by Crippen LogP contribution is 2.32. The number of benzene rings is 2. The van der Waals surface area contributed by atoms with E-state index in [1.807, 2.05) is 6.92 Å². The number of nitrogens with one attached hydrogen (secondary N) is 1. The van der Waals surface area contributed by atoms with Gasteiger partial charge in [0.2, 0.25) is 10.0 Å². The van der Waals surface area contributed by atoms with E-state index in [9.17, 15) is 26.7 Å². The number of sulfonamides is 2. The molecule has 2 N–H and O–H groups in total. The van der Waals surface area contributed by atoms with Crippen molar-refractivity contribution in [3.63, 3.8) is 0 Å². The summed E-state index contributed by atoms with van der Waals surface area (Å²) in [6.07, 6.45) is -0.651. The SMILES string of the molecule is C[C@H](CO)N1C[C@H](C)[C@H](CN(C)S(=O)(=O)c2ccccc2)Oc2ccc(NS(=O)(=O)c3cccs3)cc2C1=O. The molecule has 3 aromatic rings. The molecule has 210 valence electrons. The number of nitrogens with zero attached hydrogens (tertiary/aromatic N) is 2. The average molecular weight is 594 g/mol. The summed E-state index contributed by atoms with van der Waals surface area (Å²) in [5.41, 5.74) is 0.275. The van der Waals surface area contributed by atoms with Gasteiger partial charge in [0.15, 0.2) is 0 Å². The Bertz CT molecular complexity index is 1510. The first-order valence-corrected chi connectivity index (χ1v) is 16.0. The third-order valence-electron chi connectivity index (χ3n) is 6.57. The van der Waals surface area contributed by atoms with Crippen LogP contribution in [0.5, 0.6) is 5.75 Å². The molecule has 1 amide bonds. The first kappa shape index (κ1) is 29.0. The van der Waals surface area contributed by atoms with Gasteiger partial charge in [0.1, 0.15) is 16.1 Å². The molecule has 0 saturated heterocycles. The second kappa shape index (κ2) is 11.6. The Hall–Kier alpha value is -2.97. The predicted octanol–water partition coefficient (Wildman–Crippen LogP) is 3.09. The lowest BCUT2D eigenvalue weighted by Gasteiger charge is -2.38. The number of thiophene rings is 1. The number of ether oxygens (including phenoxy) is 1. The molecule has 2 heterocycles. The van der Waals surface area contributed by atoms with Crippen LogP contribution in [0.25, 0.3) is 0 Å². The van der Waals surface area contributed by atoms with Gasteiger partial charge in [-0.25, -0.2) is 16.8 Å². The number of carbonyl (C=O) groups is 1. The number of carbonyl (C=O) groups excluding carboxylic acids is 1. The van der Waals surface area contributed by atoms with E-state index in [-0.39, 0.29) is 51.7 Å². The van der Waals surface area contributed by atoms with Gasteiger partial charge in [-0.15, -0.1) is 11.3 Å². The van der Waals surface area contributed by atoms with Crippen LogP contribution in [-0.4, -0.2) is 75.9 Å². The van der Waals surface area contributed by atoms with Crippen LogP contribution in [0, 0.1) is 5.92 Å². The van der Waals surface area contributed by atoms with Crippen LogP contribution in [0.1, 0.15) is 24.2 Å². The van der Waals surface area contributed by atoms with Crippen LogP contribution in [0.3, 0.4) is 0 Å². The Kier molecular flexibility index (Phi) is 8.66. The summed E-state index contributed by atoms with van der Waals surface area (Å²) in [6, 6.07) is 15.0. The zero-order valence-electron chi connectivity index (χ0n) is 21.7. The lowest BCUT2D eigenvalue weighted by atomic mass is 9.99. The molecule has 39 heavy (non-hydrogen) atoms. The molecule has 4 rings (SSSR count). The molecule has 10 nitrogen and oxygen atoms in total.